The van der Waals surface area contributed by atoms with Crippen molar-refractivity contribution in [3.63, 3.8) is 0 Å². The monoisotopic (exact) mass is 444 g/mol. The maximum atomic E-state index is 12.5. The minimum atomic E-state index is -0.112. The summed E-state index contributed by atoms with van der Waals surface area (Å²) in [6.45, 7) is 0. The van der Waals surface area contributed by atoms with E-state index in [1.165, 1.54) is 17.8 Å². The second-order valence-corrected chi connectivity index (χ2v) is 9.10. The molecule has 1 aliphatic carbocycles. The Bertz CT molecular complexity index is 1240. The number of rotatable bonds is 5. The van der Waals surface area contributed by atoms with Crippen molar-refractivity contribution in [2.45, 2.75) is 32.1 Å². The van der Waals surface area contributed by atoms with Crippen molar-refractivity contribution < 1.29 is 9.59 Å². The molecular formula is C25H24N4O2S. The molecule has 0 spiro atoms. The lowest BCUT2D eigenvalue weighted by atomic mass is 9.88. The molecule has 1 fully saturated rings. The molecule has 0 bridgehead atoms. The molecule has 7 heteroatoms. The number of thiophene rings is 1. The fourth-order valence-electron chi connectivity index (χ4n) is 4.15. The van der Waals surface area contributed by atoms with E-state index in [1.807, 2.05) is 53.9 Å². The number of amides is 2. The molecular weight excluding hydrogens is 420 g/mol. The summed E-state index contributed by atoms with van der Waals surface area (Å²) in [6.07, 6.45) is 5.46. The number of nitrogens with zero attached hydrogens (tertiary/aromatic N) is 1. The molecule has 4 aromatic rings. The number of imidazole rings is 1. The lowest BCUT2D eigenvalue weighted by Crippen LogP contribution is -2.24. The summed E-state index contributed by atoms with van der Waals surface area (Å²) in [7, 11) is 0. The van der Waals surface area contributed by atoms with Crippen LogP contribution in [0.25, 0.3) is 22.4 Å². The zero-order valence-corrected chi connectivity index (χ0v) is 18.4. The highest BCUT2D eigenvalue weighted by Crippen LogP contribution is 2.27. The van der Waals surface area contributed by atoms with Crippen molar-refractivity contribution >= 4 is 45.6 Å². The molecule has 0 atom stereocenters. The highest BCUT2D eigenvalue weighted by molar-refractivity contribution is 7.12. The van der Waals surface area contributed by atoms with E-state index >= 15 is 0 Å². The summed E-state index contributed by atoms with van der Waals surface area (Å²) in [5.74, 6) is 0.866. The molecule has 2 aromatic carbocycles. The van der Waals surface area contributed by atoms with Gasteiger partial charge in [-0.2, -0.15) is 0 Å². The summed E-state index contributed by atoms with van der Waals surface area (Å²) in [6, 6.07) is 17.0. The molecule has 162 valence electrons. The normalized spacial score (nSPS) is 14.4. The van der Waals surface area contributed by atoms with Crippen molar-refractivity contribution in [3.05, 3.63) is 64.9 Å². The SMILES string of the molecule is O=C(Nc1ccc(-c2nc3ccc(NC(=O)C4CCCCC4)cc3[nH]2)cc1)c1cccs1. The standard InChI is InChI=1S/C25H24N4O2S/c30-24(17-5-2-1-3-6-17)27-19-12-13-20-21(15-19)29-23(28-20)16-8-10-18(11-9-16)26-25(31)22-7-4-14-32-22/h4,7-15,17H,1-3,5-6H2,(H,26,31)(H,27,30)(H,28,29). The van der Waals surface area contributed by atoms with Gasteiger partial charge in [-0.15, -0.1) is 11.3 Å². The highest BCUT2D eigenvalue weighted by Gasteiger charge is 2.21. The van der Waals surface area contributed by atoms with Gasteiger partial charge in [0.1, 0.15) is 5.82 Å². The Morgan fingerprint density at radius 2 is 1.72 bits per heavy atom. The summed E-state index contributed by atoms with van der Waals surface area (Å²) in [5, 5.41) is 7.85. The zero-order chi connectivity index (χ0) is 21.9. The van der Waals surface area contributed by atoms with Crippen LogP contribution in [0.3, 0.4) is 0 Å². The van der Waals surface area contributed by atoms with Crippen LogP contribution in [0.1, 0.15) is 41.8 Å². The quantitative estimate of drug-likeness (QED) is 0.349. The Balaban J connectivity index is 1.29. The van der Waals surface area contributed by atoms with Crippen molar-refractivity contribution in [2.24, 2.45) is 5.92 Å². The van der Waals surface area contributed by atoms with E-state index in [0.717, 1.165) is 59.5 Å². The van der Waals surface area contributed by atoms with Gasteiger partial charge in [0.2, 0.25) is 5.91 Å². The van der Waals surface area contributed by atoms with Crippen LogP contribution in [0, 0.1) is 5.92 Å². The van der Waals surface area contributed by atoms with Gasteiger partial charge < -0.3 is 15.6 Å². The number of anilines is 2. The number of carbonyl (C=O) groups is 2. The van der Waals surface area contributed by atoms with Crippen LogP contribution in [0.2, 0.25) is 0 Å². The minimum Gasteiger partial charge on any atom is -0.338 e. The van der Waals surface area contributed by atoms with Crippen molar-refractivity contribution in [1.29, 1.82) is 0 Å². The van der Waals surface area contributed by atoms with E-state index in [4.69, 9.17) is 0 Å². The van der Waals surface area contributed by atoms with Crippen LogP contribution in [0.5, 0.6) is 0 Å². The molecule has 0 unspecified atom stereocenters. The second-order valence-electron chi connectivity index (χ2n) is 8.15. The number of benzene rings is 2. The van der Waals surface area contributed by atoms with Crippen molar-refractivity contribution in [3.8, 4) is 11.4 Å². The number of nitrogens with one attached hydrogen (secondary N) is 3. The predicted molar refractivity (Wildman–Crippen MR) is 129 cm³/mol. The van der Waals surface area contributed by atoms with Gasteiger partial charge in [0.05, 0.1) is 15.9 Å². The van der Waals surface area contributed by atoms with Crippen molar-refractivity contribution in [1.82, 2.24) is 9.97 Å². The van der Waals surface area contributed by atoms with E-state index in [2.05, 4.69) is 20.6 Å². The molecule has 2 aromatic heterocycles. The Morgan fingerprint density at radius 1 is 0.938 bits per heavy atom. The number of fused-ring (bicyclic) bond motifs is 1. The topological polar surface area (TPSA) is 86.9 Å². The third kappa shape index (κ3) is 4.43. The average Bonchev–Trinajstić information content (AvgIpc) is 3.50. The van der Waals surface area contributed by atoms with Gasteiger partial charge in [-0.1, -0.05) is 25.3 Å². The molecule has 6 nitrogen and oxygen atoms in total. The number of aromatic nitrogens is 2. The summed E-state index contributed by atoms with van der Waals surface area (Å²) >= 11 is 1.41. The molecule has 2 amide bonds. The molecule has 2 heterocycles. The van der Waals surface area contributed by atoms with Crippen LogP contribution in [-0.4, -0.2) is 21.8 Å². The van der Waals surface area contributed by atoms with Crippen LogP contribution < -0.4 is 10.6 Å². The number of hydrogen-bond acceptors (Lipinski definition) is 4. The van der Waals surface area contributed by atoms with E-state index in [1.54, 1.807) is 6.07 Å². The Morgan fingerprint density at radius 3 is 2.47 bits per heavy atom. The third-order valence-corrected chi connectivity index (χ3v) is 6.76. The average molecular weight is 445 g/mol. The molecule has 3 N–H and O–H groups in total. The van der Waals surface area contributed by atoms with Gasteiger partial charge in [-0.05, 0) is 66.8 Å². The largest absolute Gasteiger partial charge is 0.338 e. The Kier molecular flexibility index (Phi) is 5.73. The molecule has 5 rings (SSSR count). The number of H-pyrrole nitrogens is 1. The molecule has 0 aliphatic heterocycles. The van der Waals surface area contributed by atoms with E-state index in [0.29, 0.717) is 4.88 Å². The predicted octanol–water partition coefficient (Wildman–Crippen LogP) is 6.06. The first kappa shape index (κ1) is 20.5. The Labute approximate surface area is 190 Å². The van der Waals surface area contributed by atoms with Crippen molar-refractivity contribution in [2.75, 3.05) is 10.6 Å². The third-order valence-electron chi connectivity index (χ3n) is 5.89. The first-order chi connectivity index (χ1) is 15.7. The summed E-state index contributed by atoms with van der Waals surface area (Å²) in [5.41, 5.74) is 4.15. The first-order valence-electron chi connectivity index (χ1n) is 10.9. The molecule has 32 heavy (non-hydrogen) atoms. The van der Waals surface area contributed by atoms with E-state index in [-0.39, 0.29) is 17.7 Å². The Hall–Kier alpha value is -3.45. The van der Waals surface area contributed by atoms with Crippen LogP contribution in [-0.2, 0) is 4.79 Å². The van der Waals surface area contributed by atoms with Gasteiger partial charge >= 0.3 is 0 Å². The van der Waals surface area contributed by atoms with Crippen LogP contribution >= 0.6 is 11.3 Å². The van der Waals surface area contributed by atoms with Gasteiger partial charge in [0.15, 0.2) is 0 Å². The van der Waals surface area contributed by atoms with E-state index < -0.39 is 0 Å². The summed E-state index contributed by atoms with van der Waals surface area (Å²) in [4.78, 5) is 33.4. The molecule has 1 aliphatic rings. The van der Waals surface area contributed by atoms with Gasteiger partial charge in [0, 0.05) is 22.9 Å². The number of aromatic amines is 1. The lowest BCUT2D eigenvalue weighted by Gasteiger charge is -2.20. The van der Waals surface area contributed by atoms with Gasteiger partial charge in [0.25, 0.3) is 5.91 Å². The van der Waals surface area contributed by atoms with Gasteiger partial charge in [-0.3, -0.25) is 9.59 Å². The molecule has 0 radical (unpaired) electrons. The highest BCUT2D eigenvalue weighted by atomic mass is 32.1. The maximum absolute atomic E-state index is 12.5. The molecule has 0 saturated heterocycles. The number of carbonyl (C=O) groups excluding carboxylic acids is 2. The second kappa shape index (κ2) is 8.96. The first-order valence-corrected chi connectivity index (χ1v) is 11.8. The lowest BCUT2D eigenvalue weighted by molar-refractivity contribution is -0.120. The van der Waals surface area contributed by atoms with E-state index in [9.17, 15) is 9.59 Å². The minimum absolute atomic E-state index is 0.112. The van der Waals surface area contributed by atoms with Gasteiger partial charge in [-0.25, -0.2) is 4.98 Å². The fourth-order valence-corrected chi connectivity index (χ4v) is 4.76. The van der Waals surface area contributed by atoms with Crippen LogP contribution in [0.15, 0.2) is 60.0 Å². The number of hydrogen-bond donors (Lipinski definition) is 3. The smallest absolute Gasteiger partial charge is 0.265 e. The summed E-state index contributed by atoms with van der Waals surface area (Å²) < 4.78 is 0. The fraction of sp³-hybridized carbons (Fsp3) is 0.240. The zero-order valence-electron chi connectivity index (χ0n) is 17.6. The maximum Gasteiger partial charge on any atom is 0.265 e. The molecule has 1 saturated carbocycles. The van der Waals surface area contributed by atoms with Crippen LogP contribution in [0.4, 0.5) is 11.4 Å².